The predicted octanol–water partition coefficient (Wildman–Crippen LogP) is 3.61. The summed E-state index contributed by atoms with van der Waals surface area (Å²) in [6, 6.07) is 8.25. The summed E-state index contributed by atoms with van der Waals surface area (Å²) in [4.78, 5) is 37.8. The molecule has 9 heteroatoms. The lowest BCUT2D eigenvalue weighted by Gasteiger charge is -2.25. The fraction of sp³-hybridized carbons (Fsp3) is 0.292. The number of hydrogen-bond donors (Lipinski definition) is 3. The van der Waals surface area contributed by atoms with Crippen molar-refractivity contribution in [1.82, 2.24) is 4.90 Å². The fourth-order valence-electron chi connectivity index (χ4n) is 3.82. The number of phenols is 1. The van der Waals surface area contributed by atoms with E-state index in [0.717, 1.165) is 12.1 Å². The van der Waals surface area contributed by atoms with Crippen LogP contribution in [-0.2, 0) is 14.4 Å². The van der Waals surface area contributed by atoms with Gasteiger partial charge in [0.05, 0.1) is 18.7 Å². The molecule has 3 rings (SSSR count). The fourth-order valence-corrected chi connectivity index (χ4v) is 3.82. The second kappa shape index (κ2) is 10.2. The highest BCUT2D eigenvalue weighted by Crippen LogP contribution is 2.41. The van der Waals surface area contributed by atoms with E-state index < -0.39 is 35.3 Å². The Bertz CT molecular complexity index is 1090. The number of carboxylic acids is 1. The molecule has 1 amide bonds. The Hall–Kier alpha value is -3.88. The number of benzene rings is 2. The van der Waals surface area contributed by atoms with Gasteiger partial charge >= 0.3 is 5.97 Å². The Morgan fingerprint density at radius 3 is 2.39 bits per heavy atom. The monoisotopic (exact) mass is 457 g/mol. The summed E-state index contributed by atoms with van der Waals surface area (Å²) in [5.74, 6) is -3.59. The van der Waals surface area contributed by atoms with Gasteiger partial charge in [0, 0.05) is 18.5 Å². The predicted molar refractivity (Wildman–Crippen MR) is 116 cm³/mol. The first-order valence-electron chi connectivity index (χ1n) is 10.4. The Balaban J connectivity index is 2.02. The number of aliphatic hydroxyl groups is 1. The van der Waals surface area contributed by atoms with Crippen molar-refractivity contribution in [1.29, 1.82) is 0 Å². The molecule has 0 saturated carbocycles. The molecule has 0 bridgehead atoms. The van der Waals surface area contributed by atoms with E-state index in [1.54, 1.807) is 0 Å². The number of nitrogens with zero attached hydrogens (tertiary/aromatic N) is 1. The van der Waals surface area contributed by atoms with E-state index in [2.05, 4.69) is 0 Å². The topological polar surface area (TPSA) is 124 Å². The molecule has 1 fully saturated rings. The van der Waals surface area contributed by atoms with Crippen molar-refractivity contribution in [2.24, 2.45) is 0 Å². The van der Waals surface area contributed by atoms with E-state index in [0.29, 0.717) is 24.8 Å². The van der Waals surface area contributed by atoms with Gasteiger partial charge in [-0.15, -0.1) is 0 Å². The van der Waals surface area contributed by atoms with Gasteiger partial charge in [0.25, 0.3) is 11.7 Å². The molecule has 0 aliphatic carbocycles. The highest BCUT2D eigenvalue weighted by atomic mass is 19.1. The molecule has 2 aromatic carbocycles. The number of halogens is 1. The minimum absolute atomic E-state index is 0.00196. The molecule has 2 aromatic rings. The quantitative estimate of drug-likeness (QED) is 0.227. The van der Waals surface area contributed by atoms with Crippen LogP contribution < -0.4 is 4.74 Å². The SMILES string of the molecule is COc1cc(C2/C(=C(/O)c3ccc(F)cc3)C(=O)C(=O)N2CCCCCC(=O)O)ccc1O. The summed E-state index contributed by atoms with van der Waals surface area (Å²) in [6.07, 6.45) is 1.40. The number of hydrogen-bond acceptors (Lipinski definition) is 6. The number of ketones is 1. The first-order chi connectivity index (χ1) is 15.7. The molecule has 0 aromatic heterocycles. The molecule has 33 heavy (non-hydrogen) atoms. The number of likely N-dealkylation sites (tertiary alicyclic amines) is 1. The third kappa shape index (κ3) is 5.14. The van der Waals surface area contributed by atoms with Crippen molar-refractivity contribution >= 4 is 23.4 Å². The number of carbonyl (C=O) groups is 3. The normalized spacial score (nSPS) is 17.4. The Morgan fingerprint density at radius 1 is 1.06 bits per heavy atom. The molecule has 1 heterocycles. The van der Waals surface area contributed by atoms with Gasteiger partial charge in [0.2, 0.25) is 0 Å². The summed E-state index contributed by atoms with van der Waals surface area (Å²) >= 11 is 0. The number of phenolic OH excluding ortho intramolecular Hbond substituents is 1. The molecule has 1 saturated heterocycles. The molecular formula is C24H24FNO7. The lowest BCUT2D eigenvalue weighted by atomic mass is 9.95. The zero-order valence-electron chi connectivity index (χ0n) is 18.0. The van der Waals surface area contributed by atoms with Crippen molar-refractivity contribution in [3.8, 4) is 11.5 Å². The smallest absolute Gasteiger partial charge is 0.303 e. The van der Waals surface area contributed by atoms with Crippen LogP contribution in [0.2, 0.25) is 0 Å². The van der Waals surface area contributed by atoms with Crippen molar-refractivity contribution < 1.29 is 38.8 Å². The number of ether oxygens (including phenoxy) is 1. The van der Waals surface area contributed by atoms with Crippen molar-refractivity contribution in [2.45, 2.75) is 31.7 Å². The molecule has 8 nitrogen and oxygen atoms in total. The average Bonchev–Trinajstić information content (AvgIpc) is 3.04. The van der Waals surface area contributed by atoms with E-state index in [1.165, 1.54) is 42.3 Å². The molecule has 174 valence electrons. The van der Waals surface area contributed by atoms with E-state index in [4.69, 9.17) is 9.84 Å². The Labute approximate surface area is 189 Å². The van der Waals surface area contributed by atoms with Crippen LogP contribution in [0.15, 0.2) is 48.0 Å². The van der Waals surface area contributed by atoms with E-state index in [1.807, 2.05) is 0 Å². The number of amides is 1. The summed E-state index contributed by atoms with van der Waals surface area (Å²) in [5, 5.41) is 29.7. The average molecular weight is 457 g/mol. The van der Waals surface area contributed by atoms with Gasteiger partial charge in [-0.3, -0.25) is 14.4 Å². The number of carbonyl (C=O) groups excluding carboxylic acids is 2. The Kier molecular flexibility index (Phi) is 7.32. The zero-order valence-corrected chi connectivity index (χ0v) is 18.0. The largest absolute Gasteiger partial charge is 0.507 e. The minimum atomic E-state index is -0.968. The second-order valence-electron chi connectivity index (χ2n) is 7.64. The summed E-state index contributed by atoms with van der Waals surface area (Å²) in [7, 11) is 1.36. The highest BCUT2D eigenvalue weighted by Gasteiger charge is 2.46. The van der Waals surface area contributed by atoms with Gasteiger partial charge in [0.1, 0.15) is 11.6 Å². The van der Waals surface area contributed by atoms with Gasteiger partial charge in [-0.2, -0.15) is 0 Å². The lowest BCUT2D eigenvalue weighted by molar-refractivity contribution is -0.140. The van der Waals surface area contributed by atoms with Crippen molar-refractivity contribution in [3.63, 3.8) is 0 Å². The number of Topliss-reactive ketones (excluding diaryl/α,β-unsaturated/α-hetero) is 1. The third-order valence-corrected chi connectivity index (χ3v) is 5.47. The molecular weight excluding hydrogens is 433 g/mol. The number of rotatable bonds is 9. The molecule has 1 atom stereocenters. The summed E-state index contributed by atoms with van der Waals surface area (Å²) < 4.78 is 18.5. The number of carboxylic acid groups (broad SMARTS) is 1. The maximum absolute atomic E-state index is 13.3. The van der Waals surface area contributed by atoms with Crippen molar-refractivity contribution in [3.05, 3.63) is 65.0 Å². The first kappa shape index (κ1) is 23.8. The zero-order chi connectivity index (χ0) is 24.1. The maximum Gasteiger partial charge on any atom is 0.303 e. The van der Waals surface area contributed by atoms with Gasteiger partial charge in [-0.05, 0) is 54.8 Å². The number of aliphatic hydroxyl groups excluding tert-OH is 1. The van der Waals surface area contributed by atoms with Crippen LogP contribution in [0.25, 0.3) is 5.76 Å². The molecule has 0 radical (unpaired) electrons. The van der Waals surface area contributed by atoms with E-state index >= 15 is 0 Å². The van der Waals surface area contributed by atoms with Crippen LogP contribution in [0.3, 0.4) is 0 Å². The third-order valence-electron chi connectivity index (χ3n) is 5.47. The molecule has 1 aliphatic heterocycles. The van der Waals surface area contributed by atoms with Gasteiger partial charge in [0.15, 0.2) is 11.5 Å². The Morgan fingerprint density at radius 2 is 1.76 bits per heavy atom. The van der Waals surface area contributed by atoms with Crippen LogP contribution in [0.1, 0.15) is 42.9 Å². The second-order valence-corrected chi connectivity index (χ2v) is 7.64. The van der Waals surface area contributed by atoms with Gasteiger partial charge in [-0.1, -0.05) is 12.5 Å². The highest BCUT2D eigenvalue weighted by molar-refractivity contribution is 6.46. The molecule has 0 spiro atoms. The van der Waals surface area contributed by atoms with E-state index in [9.17, 15) is 29.0 Å². The van der Waals surface area contributed by atoms with Gasteiger partial charge < -0.3 is 25.0 Å². The lowest BCUT2D eigenvalue weighted by Crippen LogP contribution is -2.30. The maximum atomic E-state index is 13.3. The molecule has 3 N–H and O–H groups in total. The van der Waals surface area contributed by atoms with Crippen LogP contribution in [0.5, 0.6) is 11.5 Å². The minimum Gasteiger partial charge on any atom is -0.507 e. The summed E-state index contributed by atoms with van der Waals surface area (Å²) in [6.45, 7) is 0.151. The van der Waals surface area contributed by atoms with Crippen LogP contribution in [0, 0.1) is 5.82 Å². The first-order valence-corrected chi connectivity index (χ1v) is 10.4. The van der Waals surface area contributed by atoms with Crippen LogP contribution in [-0.4, -0.2) is 51.5 Å². The van der Waals surface area contributed by atoms with Crippen molar-refractivity contribution in [2.75, 3.05) is 13.7 Å². The molecule has 1 aliphatic rings. The summed E-state index contributed by atoms with van der Waals surface area (Å²) in [5.41, 5.74) is 0.439. The number of unbranched alkanes of at least 4 members (excludes halogenated alkanes) is 2. The number of aromatic hydroxyl groups is 1. The number of methoxy groups -OCH3 is 1. The van der Waals surface area contributed by atoms with Gasteiger partial charge in [-0.25, -0.2) is 4.39 Å². The molecule has 1 unspecified atom stereocenters. The van der Waals surface area contributed by atoms with Crippen LogP contribution in [0.4, 0.5) is 4.39 Å². The van der Waals surface area contributed by atoms with Crippen LogP contribution >= 0.6 is 0 Å². The number of aliphatic carboxylic acids is 1. The standard InChI is InChI=1S/C24H24FNO7/c1-33-18-13-15(8-11-17(18)27)21-20(22(30)14-6-9-16(25)10-7-14)23(31)24(32)26(21)12-4-2-3-5-19(28)29/h6-11,13,21,27,30H,2-5,12H2,1H3,(H,28,29)/b22-20-. The van der Waals surface area contributed by atoms with E-state index in [-0.39, 0.29) is 35.6 Å².